The van der Waals surface area contributed by atoms with Crippen LogP contribution in [0.15, 0.2) is 29.2 Å². The molecule has 2 N–H and O–H groups in total. The Hall–Kier alpha value is -1.72. The third-order valence-corrected chi connectivity index (χ3v) is 6.68. The van der Waals surface area contributed by atoms with Crippen LogP contribution in [0.5, 0.6) is 5.75 Å². The molecule has 2 rings (SSSR count). The zero-order valence-electron chi connectivity index (χ0n) is 17.2. The number of methoxy groups -OCH3 is 1. The molecule has 0 saturated carbocycles. The Bertz CT molecular complexity index is 748. The lowest BCUT2D eigenvalue weighted by atomic mass is 10.1. The Kier molecular flexibility index (Phi) is 8.84. The first kappa shape index (κ1) is 23.6. The quantitative estimate of drug-likeness (QED) is 0.421. The van der Waals surface area contributed by atoms with Crippen molar-refractivity contribution < 1.29 is 27.9 Å². The number of amides is 1. The molecule has 0 aliphatic carbocycles. The molecule has 0 bridgehead atoms. The van der Waals surface area contributed by atoms with E-state index in [0.29, 0.717) is 25.5 Å². The molecule has 0 spiro atoms. The van der Waals surface area contributed by atoms with Crippen LogP contribution in [-0.4, -0.2) is 81.3 Å². The summed E-state index contributed by atoms with van der Waals surface area (Å²) < 4.78 is 38.3. The molecule has 1 aromatic carbocycles. The van der Waals surface area contributed by atoms with Gasteiger partial charge in [-0.2, -0.15) is 4.31 Å². The molecule has 1 aliphatic rings. The van der Waals surface area contributed by atoms with E-state index in [1.54, 1.807) is 17.6 Å². The molecule has 1 atom stereocenters. The van der Waals surface area contributed by atoms with E-state index >= 15 is 0 Å². The molecule has 0 aromatic heterocycles. The summed E-state index contributed by atoms with van der Waals surface area (Å²) in [5.74, 6) is -0.215. The molecule has 9 nitrogen and oxygen atoms in total. The van der Waals surface area contributed by atoms with Crippen LogP contribution in [-0.2, 0) is 19.6 Å². The minimum absolute atomic E-state index is 0.0135. The number of ether oxygens (including phenoxy) is 2. The summed E-state index contributed by atoms with van der Waals surface area (Å²) in [4.78, 5) is 14.6. The number of sulfonamides is 1. The van der Waals surface area contributed by atoms with E-state index in [9.17, 15) is 18.4 Å². The van der Waals surface area contributed by atoms with E-state index in [2.05, 4.69) is 4.90 Å². The predicted octanol–water partition coefficient (Wildman–Crippen LogP) is 0.938. The lowest BCUT2D eigenvalue weighted by molar-refractivity contribution is -0.133. The van der Waals surface area contributed by atoms with Gasteiger partial charge in [-0.3, -0.25) is 14.9 Å². The molecule has 164 valence electrons. The van der Waals surface area contributed by atoms with Crippen molar-refractivity contribution >= 4 is 15.9 Å². The van der Waals surface area contributed by atoms with Crippen LogP contribution in [0.25, 0.3) is 0 Å². The van der Waals surface area contributed by atoms with Crippen LogP contribution in [0.1, 0.15) is 20.3 Å². The summed E-state index contributed by atoms with van der Waals surface area (Å²) in [5.41, 5.74) is 1.64. The molecule has 1 aliphatic heterocycles. The smallest absolute Gasteiger partial charge is 0.261 e. The maximum atomic E-state index is 13.4. The second kappa shape index (κ2) is 10.9. The summed E-state index contributed by atoms with van der Waals surface area (Å²) in [6.07, 6.45) is 0.258. The molecule has 29 heavy (non-hydrogen) atoms. The van der Waals surface area contributed by atoms with Crippen molar-refractivity contribution in [2.45, 2.75) is 31.2 Å². The lowest BCUT2D eigenvalue weighted by Crippen LogP contribution is -2.51. The van der Waals surface area contributed by atoms with Gasteiger partial charge in [0.15, 0.2) is 0 Å². The number of carbonyl (C=O) groups is 1. The summed E-state index contributed by atoms with van der Waals surface area (Å²) >= 11 is 0. The molecule has 1 fully saturated rings. The molecule has 1 aromatic rings. The van der Waals surface area contributed by atoms with E-state index in [-0.39, 0.29) is 23.8 Å². The maximum Gasteiger partial charge on any atom is 0.261 e. The van der Waals surface area contributed by atoms with Gasteiger partial charge in [-0.15, -0.1) is 0 Å². The first-order valence-corrected chi connectivity index (χ1v) is 11.1. The zero-order valence-corrected chi connectivity index (χ0v) is 18.0. The number of nitrogens with zero attached hydrogens (tertiary/aromatic N) is 2. The van der Waals surface area contributed by atoms with E-state index < -0.39 is 22.0 Å². The highest BCUT2D eigenvalue weighted by atomic mass is 32.2. The Morgan fingerprint density at radius 3 is 2.41 bits per heavy atom. The number of hydrogen-bond donors (Lipinski definition) is 2. The van der Waals surface area contributed by atoms with Crippen molar-refractivity contribution in [1.82, 2.24) is 14.7 Å². The highest BCUT2D eigenvalue weighted by molar-refractivity contribution is 7.89. The van der Waals surface area contributed by atoms with Crippen molar-refractivity contribution in [2.24, 2.45) is 5.92 Å². The Morgan fingerprint density at radius 2 is 1.90 bits per heavy atom. The van der Waals surface area contributed by atoms with Crippen LogP contribution in [0, 0.1) is 5.92 Å². The highest BCUT2D eigenvalue weighted by Crippen LogP contribution is 2.24. The average molecular weight is 430 g/mol. The van der Waals surface area contributed by atoms with Gasteiger partial charge in [0.2, 0.25) is 10.0 Å². The Balaban J connectivity index is 2.31. The summed E-state index contributed by atoms with van der Waals surface area (Å²) in [7, 11) is -2.46. The second-order valence-corrected chi connectivity index (χ2v) is 9.27. The summed E-state index contributed by atoms with van der Waals surface area (Å²) in [6.45, 7) is 7.10. The number of hydrogen-bond acceptors (Lipinski definition) is 7. The van der Waals surface area contributed by atoms with Crippen molar-refractivity contribution in [1.29, 1.82) is 0 Å². The van der Waals surface area contributed by atoms with Gasteiger partial charge in [0.1, 0.15) is 11.8 Å². The molecule has 0 radical (unpaired) electrons. The van der Waals surface area contributed by atoms with Crippen LogP contribution < -0.4 is 10.2 Å². The second-order valence-electron chi connectivity index (χ2n) is 7.38. The van der Waals surface area contributed by atoms with E-state index in [4.69, 9.17) is 9.47 Å². The topological polar surface area (TPSA) is 108 Å². The van der Waals surface area contributed by atoms with Crippen LogP contribution >= 0.6 is 0 Å². The molecule has 1 heterocycles. The summed E-state index contributed by atoms with van der Waals surface area (Å²) in [6, 6.07) is 5.01. The van der Waals surface area contributed by atoms with Gasteiger partial charge in [-0.25, -0.2) is 13.9 Å². The minimum atomic E-state index is -3.97. The molecular formula is C19H31N3O6S. The van der Waals surface area contributed by atoms with Crippen molar-refractivity contribution in [3.8, 4) is 5.75 Å². The summed E-state index contributed by atoms with van der Waals surface area (Å²) in [5, 5.41) is 9.26. The van der Waals surface area contributed by atoms with Gasteiger partial charge >= 0.3 is 0 Å². The van der Waals surface area contributed by atoms with Crippen molar-refractivity contribution in [3.05, 3.63) is 24.3 Å². The maximum absolute atomic E-state index is 13.4. The zero-order chi connectivity index (χ0) is 21.4. The highest BCUT2D eigenvalue weighted by Gasteiger charge is 2.36. The van der Waals surface area contributed by atoms with Gasteiger partial charge in [0.25, 0.3) is 5.91 Å². The van der Waals surface area contributed by atoms with Crippen molar-refractivity contribution in [3.63, 3.8) is 0 Å². The van der Waals surface area contributed by atoms with Gasteiger partial charge in [-0.05, 0) is 36.6 Å². The van der Waals surface area contributed by atoms with Gasteiger partial charge in [-0.1, -0.05) is 13.8 Å². The lowest BCUT2D eigenvalue weighted by Gasteiger charge is -2.33. The van der Waals surface area contributed by atoms with Crippen molar-refractivity contribution in [2.75, 3.05) is 46.5 Å². The fraction of sp³-hybridized carbons (Fsp3) is 0.632. The number of carbonyl (C=O) groups excluding carboxylic acids is 1. The Labute approximate surface area is 172 Å². The predicted molar refractivity (Wildman–Crippen MR) is 107 cm³/mol. The fourth-order valence-corrected chi connectivity index (χ4v) is 5.03. The molecule has 10 heteroatoms. The first-order chi connectivity index (χ1) is 13.8. The Morgan fingerprint density at radius 1 is 1.28 bits per heavy atom. The number of morpholine rings is 1. The SMILES string of the molecule is COc1ccc(S(=O)(=O)N(CC(C)C)C(CCN2CCOCC2)C(=O)NO)cc1. The standard InChI is InChI=1S/C19H31N3O6S/c1-15(2)14-22(29(25,26)17-6-4-16(27-3)5-7-17)18(19(23)20-24)8-9-21-10-12-28-13-11-21/h4-7,15,18,24H,8-14H2,1-3H3,(H,20,23). The molecule has 1 saturated heterocycles. The normalized spacial score (nSPS) is 16.8. The third-order valence-electron chi connectivity index (χ3n) is 4.79. The van der Waals surface area contributed by atoms with Gasteiger partial charge in [0, 0.05) is 26.2 Å². The molecule has 1 unspecified atom stereocenters. The van der Waals surface area contributed by atoms with E-state index in [1.807, 2.05) is 13.8 Å². The van der Waals surface area contributed by atoms with E-state index in [0.717, 1.165) is 13.1 Å². The van der Waals surface area contributed by atoms with Crippen LogP contribution in [0.4, 0.5) is 0 Å². The largest absolute Gasteiger partial charge is 0.497 e. The monoisotopic (exact) mass is 429 g/mol. The molecule has 1 amide bonds. The van der Waals surface area contributed by atoms with Gasteiger partial charge in [0.05, 0.1) is 25.2 Å². The van der Waals surface area contributed by atoms with Crippen LogP contribution in [0.3, 0.4) is 0 Å². The van der Waals surface area contributed by atoms with Crippen LogP contribution in [0.2, 0.25) is 0 Å². The average Bonchev–Trinajstić information content (AvgIpc) is 2.73. The van der Waals surface area contributed by atoms with E-state index in [1.165, 1.54) is 23.5 Å². The van der Waals surface area contributed by atoms with Gasteiger partial charge < -0.3 is 9.47 Å². The fourth-order valence-electron chi connectivity index (χ4n) is 3.25. The molecular weight excluding hydrogens is 398 g/mol. The number of rotatable bonds is 10. The first-order valence-electron chi connectivity index (χ1n) is 9.69. The third kappa shape index (κ3) is 6.38. The number of hydroxylamine groups is 1. The number of nitrogens with one attached hydrogen (secondary N) is 1. The minimum Gasteiger partial charge on any atom is -0.497 e. The number of benzene rings is 1.